The molecule has 164 valence electrons. The Balaban J connectivity index is 1.62. The third kappa shape index (κ3) is 4.96. The average molecular weight is 405 g/mol. The van der Waals surface area contributed by atoms with E-state index in [0.29, 0.717) is 17.8 Å². The van der Waals surface area contributed by atoms with E-state index in [4.69, 9.17) is 5.11 Å². The molecule has 0 aromatic carbocycles. The summed E-state index contributed by atoms with van der Waals surface area (Å²) >= 11 is 0. The molecule has 2 unspecified atom stereocenters. The number of fused-ring (bicyclic) bond motifs is 1. The second-order valence-corrected chi connectivity index (χ2v) is 9.99. The first-order valence-electron chi connectivity index (χ1n) is 11.8. The van der Waals surface area contributed by atoms with Gasteiger partial charge in [-0.3, -0.25) is 4.79 Å². The molecule has 6 atom stereocenters. The van der Waals surface area contributed by atoms with Crippen molar-refractivity contribution in [1.82, 2.24) is 0 Å². The van der Waals surface area contributed by atoms with Crippen molar-refractivity contribution in [2.24, 2.45) is 29.1 Å². The van der Waals surface area contributed by atoms with Gasteiger partial charge in [0.2, 0.25) is 0 Å². The van der Waals surface area contributed by atoms with Crippen LogP contribution >= 0.6 is 0 Å². The highest BCUT2D eigenvalue weighted by Crippen LogP contribution is 2.64. The van der Waals surface area contributed by atoms with Crippen LogP contribution in [0.5, 0.6) is 0 Å². The zero-order valence-electron chi connectivity index (χ0n) is 18.2. The lowest BCUT2D eigenvalue weighted by molar-refractivity contribution is -0.137. The van der Waals surface area contributed by atoms with E-state index < -0.39 is 5.97 Å². The summed E-state index contributed by atoms with van der Waals surface area (Å²) in [7, 11) is 0. The SMILES string of the molecule is CC1C(=CCCCCC(=O)O)[C@]2(C)CC[C@H](O)[C@@H](/C=C/C(O)C3CCCCC3)[C@H]12. The minimum absolute atomic E-state index is 0.117. The van der Waals surface area contributed by atoms with E-state index in [0.717, 1.165) is 44.9 Å². The molecule has 0 amide bonds. The maximum absolute atomic E-state index is 10.7. The van der Waals surface area contributed by atoms with E-state index in [2.05, 4.69) is 26.0 Å². The smallest absolute Gasteiger partial charge is 0.303 e. The number of hydrogen-bond acceptors (Lipinski definition) is 3. The van der Waals surface area contributed by atoms with E-state index in [1.54, 1.807) is 0 Å². The van der Waals surface area contributed by atoms with Gasteiger partial charge in [0.15, 0.2) is 0 Å². The second kappa shape index (κ2) is 9.78. The number of aliphatic carboxylic acids is 1. The summed E-state index contributed by atoms with van der Waals surface area (Å²) in [6, 6.07) is 0. The number of carbonyl (C=O) groups is 1. The highest BCUT2D eigenvalue weighted by atomic mass is 16.4. The number of rotatable bonds is 8. The summed E-state index contributed by atoms with van der Waals surface area (Å²) in [5.41, 5.74) is 1.63. The van der Waals surface area contributed by atoms with E-state index in [-0.39, 0.29) is 30.0 Å². The van der Waals surface area contributed by atoms with E-state index in [1.165, 1.54) is 24.8 Å². The number of carboxylic acid groups (broad SMARTS) is 1. The molecule has 0 aromatic heterocycles. The van der Waals surface area contributed by atoms with Crippen LogP contribution in [0, 0.1) is 29.1 Å². The monoisotopic (exact) mass is 404 g/mol. The van der Waals surface area contributed by atoms with Crippen molar-refractivity contribution in [2.45, 2.75) is 96.7 Å². The van der Waals surface area contributed by atoms with Gasteiger partial charge < -0.3 is 15.3 Å². The number of aliphatic hydroxyl groups excluding tert-OH is 2. The van der Waals surface area contributed by atoms with E-state index in [9.17, 15) is 15.0 Å². The molecule has 3 rings (SSSR count). The Hall–Kier alpha value is -1.13. The van der Waals surface area contributed by atoms with Crippen LogP contribution in [0.15, 0.2) is 23.8 Å². The molecule has 0 radical (unpaired) electrons. The number of unbranched alkanes of at least 4 members (excludes halogenated alkanes) is 2. The molecule has 0 spiro atoms. The van der Waals surface area contributed by atoms with E-state index in [1.807, 2.05) is 6.08 Å². The van der Waals surface area contributed by atoms with Crippen molar-refractivity contribution in [3.63, 3.8) is 0 Å². The molecule has 4 heteroatoms. The fourth-order valence-electron chi connectivity index (χ4n) is 6.53. The molecule has 3 saturated carbocycles. The minimum atomic E-state index is -0.715. The maximum atomic E-state index is 10.7. The van der Waals surface area contributed by atoms with Gasteiger partial charge in [-0.15, -0.1) is 0 Å². The molecule has 4 nitrogen and oxygen atoms in total. The van der Waals surface area contributed by atoms with Gasteiger partial charge in [0.05, 0.1) is 12.2 Å². The zero-order chi connectivity index (χ0) is 21.0. The molecule has 3 N–H and O–H groups in total. The summed E-state index contributed by atoms with van der Waals surface area (Å²) in [6.07, 6.45) is 16.4. The molecule has 3 fully saturated rings. The Kier molecular flexibility index (Phi) is 7.61. The summed E-state index contributed by atoms with van der Waals surface area (Å²) in [4.78, 5) is 10.7. The van der Waals surface area contributed by atoms with Gasteiger partial charge in [0.25, 0.3) is 0 Å². The molecule has 0 saturated heterocycles. The fraction of sp³-hybridized carbons (Fsp3) is 0.800. The number of carboxylic acids is 1. The van der Waals surface area contributed by atoms with Crippen LogP contribution in [0.25, 0.3) is 0 Å². The van der Waals surface area contributed by atoms with Crippen molar-refractivity contribution in [1.29, 1.82) is 0 Å². The van der Waals surface area contributed by atoms with Gasteiger partial charge in [0, 0.05) is 12.3 Å². The lowest BCUT2D eigenvalue weighted by atomic mass is 9.43. The molecule has 3 aliphatic rings. The highest BCUT2D eigenvalue weighted by Gasteiger charge is 2.58. The van der Waals surface area contributed by atoms with Crippen LogP contribution in [-0.4, -0.2) is 33.5 Å². The Labute approximate surface area is 176 Å². The second-order valence-electron chi connectivity index (χ2n) is 9.99. The maximum Gasteiger partial charge on any atom is 0.303 e. The zero-order valence-corrected chi connectivity index (χ0v) is 18.2. The fourth-order valence-corrected chi connectivity index (χ4v) is 6.53. The molecule has 0 aliphatic heterocycles. The topological polar surface area (TPSA) is 77.8 Å². The Morgan fingerprint density at radius 3 is 2.62 bits per heavy atom. The molecule has 0 bridgehead atoms. The predicted molar refractivity (Wildman–Crippen MR) is 115 cm³/mol. The lowest BCUT2D eigenvalue weighted by Gasteiger charge is -2.62. The molecular formula is C25H40O4. The van der Waals surface area contributed by atoms with Crippen LogP contribution < -0.4 is 0 Å². The van der Waals surface area contributed by atoms with Gasteiger partial charge in [0.1, 0.15) is 0 Å². The van der Waals surface area contributed by atoms with Crippen LogP contribution in [-0.2, 0) is 4.79 Å². The standard InChI is InChI=1S/C25H40O4/c1-17-20(11-7-4-8-12-23(28)29)25(2)16-15-22(27)19(24(17)25)13-14-21(26)18-9-5-3-6-10-18/h11,13-14,17-19,21-22,24,26-27H,3-10,12,15-16H2,1-2H3,(H,28,29)/b14-13+,20-11?/t17?,19-,21?,22+,24+,25+/m1/s1. The van der Waals surface area contributed by atoms with Gasteiger partial charge in [-0.25, -0.2) is 0 Å². The van der Waals surface area contributed by atoms with Crippen LogP contribution in [0.1, 0.15) is 84.5 Å². The molecule has 0 heterocycles. The van der Waals surface area contributed by atoms with Crippen LogP contribution in [0.4, 0.5) is 0 Å². The minimum Gasteiger partial charge on any atom is -0.481 e. The largest absolute Gasteiger partial charge is 0.481 e. The normalized spacial score (nSPS) is 38.0. The lowest BCUT2D eigenvalue weighted by Crippen LogP contribution is -2.56. The highest BCUT2D eigenvalue weighted by molar-refractivity contribution is 5.66. The Morgan fingerprint density at radius 2 is 1.93 bits per heavy atom. The Bertz CT molecular complexity index is 618. The van der Waals surface area contributed by atoms with Crippen molar-refractivity contribution in [3.8, 4) is 0 Å². The molecule has 0 aromatic rings. The summed E-state index contributed by atoms with van der Waals surface area (Å²) in [5, 5.41) is 30.1. The van der Waals surface area contributed by atoms with Crippen molar-refractivity contribution in [3.05, 3.63) is 23.8 Å². The van der Waals surface area contributed by atoms with E-state index >= 15 is 0 Å². The van der Waals surface area contributed by atoms with Gasteiger partial charge in [-0.1, -0.05) is 56.9 Å². The summed E-state index contributed by atoms with van der Waals surface area (Å²) in [6.45, 7) is 4.61. The molecule has 29 heavy (non-hydrogen) atoms. The predicted octanol–water partition coefficient (Wildman–Crippen LogP) is 5.10. The first-order valence-corrected chi connectivity index (χ1v) is 11.8. The third-order valence-corrected chi connectivity index (χ3v) is 8.12. The number of aliphatic hydroxyl groups is 2. The number of allylic oxidation sites excluding steroid dienone is 2. The molecular weight excluding hydrogens is 364 g/mol. The van der Waals surface area contributed by atoms with Gasteiger partial charge in [-0.2, -0.15) is 0 Å². The van der Waals surface area contributed by atoms with Gasteiger partial charge in [-0.05, 0) is 68.1 Å². The third-order valence-electron chi connectivity index (χ3n) is 8.12. The summed E-state index contributed by atoms with van der Waals surface area (Å²) < 4.78 is 0. The number of hydrogen-bond donors (Lipinski definition) is 3. The van der Waals surface area contributed by atoms with Crippen molar-refractivity contribution in [2.75, 3.05) is 0 Å². The molecule has 3 aliphatic carbocycles. The summed E-state index contributed by atoms with van der Waals surface area (Å²) in [5.74, 6) is 0.647. The quantitative estimate of drug-likeness (QED) is 0.388. The first kappa shape index (κ1) is 22.6. The first-order chi connectivity index (χ1) is 13.8. The van der Waals surface area contributed by atoms with Crippen LogP contribution in [0.3, 0.4) is 0 Å². The Morgan fingerprint density at radius 1 is 1.21 bits per heavy atom. The van der Waals surface area contributed by atoms with Crippen molar-refractivity contribution >= 4 is 5.97 Å². The van der Waals surface area contributed by atoms with Crippen molar-refractivity contribution < 1.29 is 20.1 Å². The van der Waals surface area contributed by atoms with Crippen LogP contribution in [0.2, 0.25) is 0 Å². The van der Waals surface area contributed by atoms with Gasteiger partial charge >= 0.3 is 5.97 Å². The average Bonchev–Trinajstić information content (AvgIpc) is 2.71.